The fraction of sp³-hybridized carbons (Fsp3) is 0.231. The summed E-state index contributed by atoms with van der Waals surface area (Å²) in [5, 5.41) is 0. The number of hydrogen-bond donors (Lipinski definition) is 1. The summed E-state index contributed by atoms with van der Waals surface area (Å²) < 4.78 is 6.58. The van der Waals surface area contributed by atoms with E-state index >= 15 is 0 Å². The lowest BCUT2D eigenvalue weighted by molar-refractivity contribution is 0.414. The normalized spacial score (nSPS) is 12.1. The molecule has 0 saturated heterocycles. The number of nitrogens with two attached hydrogens (primary N) is 1. The van der Waals surface area contributed by atoms with Gasteiger partial charge >= 0.3 is 0 Å². The predicted octanol–water partition coefficient (Wildman–Crippen LogP) is 0.952. The van der Waals surface area contributed by atoms with Crippen LogP contribution in [0.4, 0.5) is 0 Å². The number of methoxy groups -OCH3 is 1. The molecule has 5 heteroatoms. The van der Waals surface area contributed by atoms with Gasteiger partial charge in [-0.3, -0.25) is 9.36 Å². The molecule has 0 aliphatic rings. The fourth-order valence-corrected chi connectivity index (χ4v) is 1.68. The van der Waals surface area contributed by atoms with Crippen LogP contribution in [0.2, 0.25) is 0 Å². The van der Waals surface area contributed by atoms with Crippen LogP contribution in [0.25, 0.3) is 0 Å². The van der Waals surface area contributed by atoms with E-state index in [4.69, 9.17) is 10.5 Å². The number of ether oxygens (including phenoxy) is 1. The standard InChI is InChI=1S/C13H15N3O2/c1-18-11-4-2-10(3-5-11)12(14)8-16-9-15-7-6-13(16)17/h2-7,9,12H,8,14H2,1H3. The van der Waals surface area contributed by atoms with E-state index in [0.29, 0.717) is 6.54 Å². The largest absolute Gasteiger partial charge is 0.497 e. The zero-order valence-corrected chi connectivity index (χ0v) is 10.1. The Morgan fingerprint density at radius 1 is 1.33 bits per heavy atom. The van der Waals surface area contributed by atoms with Crippen molar-refractivity contribution in [1.82, 2.24) is 9.55 Å². The summed E-state index contributed by atoms with van der Waals surface area (Å²) in [6.45, 7) is 0.402. The lowest BCUT2D eigenvalue weighted by Gasteiger charge is -2.13. The quantitative estimate of drug-likeness (QED) is 0.870. The van der Waals surface area contributed by atoms with Crippen molar-refractivity contribution in [3.8, 4) is 5.75 Å². The molecule has 1 aromatic heterocycles. The monoisotopic (exact) mass is 245 g/mol. The van der Waals surface area contributed by atoms with Crippen LogP contribution in [-0.2, 0) is 6.54 Å². The zero-order valence-electron chi connectivity index (χ0n) is 10.1. The van der Waals surface area contributed by atoms with Gasteiger partial charge in [-0.2, -0.15) is 0 Å². The summed E-state index contributed by atoms with van der Waals surface area (Å²) in [4.78, 5) is 15.4. The molecule has 2 N–H and O–H groups in total. The molecule has 2 rings (SSSR count). The molecule has 0 amide bonds. The van der Waals surface area contributed by atoms with Crippen molar-refractivity contribution in [2.24, 2.45) is 5.73 Å². The maximum absolute atomic E-state index is 11.5. The summed E-state index contributed by atoms with van der Waals surface area (Å²) >= 11 is 0. The van der Waals surface area contributed by atoms with Crippen LogP contribution >= 0.6 is 0 Å². The SMILES string of the molecule is COc1ccc(C(N)Cn2cnccc2=O)cc1. The van der Waals surface area contributed by atoms with E-state index in [9.17, 15) is 4.79 Å². The summed E-state index contributed by atoms with van der Waals surface area (Å²) in [5.74, 6) is 0.782. The minimum absolute atomic E-state index is 0.103. The van der Waals surface area contributed by atoms with E-state index in [2.05, 4.69) is 4.98 Å². The van der Waals surface area contributed by atoms with Crippen LogP contribution in [-0.4, -0.2) is 16.7 Å². The molecule has 0 fully saturated rings. The van der Waals surface area contributed by atoms with Crippen LogP contribution in [0.1, 0.15) is 11.6 Å². The first-order valence-corrected chi connectivity index (χ1v) is 5.60. The van der Waals surface area contributed by atoms with Gasteiger partial charge in [0.15, 0.2) is 0 Å². The van der Waals surface area contributed by atoms with Gasteiger partial charge in [-0.15, -0.1) is 0 Å². The zero-order chi connectivity index (χ0) is 13.0. The Bertz CT molecular complexity index is 563. The highest BCUT2D eigenvalue weighted by atomic mass is 16.5. The first-order valence-electron chi connectivity index (χ1n) is 5.60. The van der Waals surface area contributed by atoms with E-state index in [1.807, 2.05) is 24.3 Å². The average molecular weight is 245 g/mol. The Balaban J connectivity index is 2.14. The number of hydrogen-bond acceptors (Lipinski definition) is 4. The van der Waals surface area contributed by atoms with Gasteiger partial charge in [0.25, 0.3) is 5.56 Å². The van der Waals surface area contributed by atoms with Crippen molar-refractivity contribution in [1.29, 1.82) is 0 Å². The van der Waals surface area contributed by atoms with E-state index in [1.165, 1.54) is 23.2 Å². The van der Waals surface area contributed by atoms with E-state index in [1.54, 1.807) is 7.11 Å². The van der Waals surface area contributed by atoms with Gasteiger partial charge in [0.1, 0.15) is 5.75 Å². The van der Waals surface area contributed by atoms with Crippen molar-refractivity contribution in [2.75, 3.05) is 7.11 Å². The highest BCUT2D eigenvalue weighted by molar-refractivity contribution is 5.28. The van der Waals surface area contributed by atoms with Gasteiger partial charge in [0, 0.05) is 24.8 Å². The Labute approximate surface area is 105 Å². The van der Waals surface area contributed by atoms with Gasteiger partial charge in [-0.05, 0) is 17.7 Å². The van der Waals surface area contributed by atoms with Crippen molar-refractivity contribution < 1.29 is 4.74 Å². The molecule has 0 aliphatic carbocycles. The Kier molecular flexibility index (Phi) is 3.74. The third-order valence-electron chi connectivity index (χ3n) is 2.73. The molecule has 2 aromatic rings. The van der Waals surface area contributed by atoms with Crippen LogP contribution in [0.5, 0.6) is 5.75 Å². The first kappa shape index (κ1) is 12.3. The van der Waals surface area contributed by atoms with Crippen molar-refractivity contribution in [3.63, 3.8) is 0 Å². The van der Waals surface area contributed by atoms with E-state index in [-0.39, 0.29) is 11.6 Å². The minimum Gasteiger partial charge on any atom is -0.497 e. The molecule has 94 valence electrons. The molecule has 5 nitrogen and oxygen atoms in total. The summed E-state index contributed by atoms with van der Waals surface area (Å²) in [7, 11) is 1.62. The molecule has 0 saturated carbocycles. The van der Waals surface area contributed by atoms with Crippen molar-refractivity contribution >= 4 is 0 Å². The van der Waals surface area contributed by atoms with Crippen LogP contribution < -0.4 is 16.0 Å². The smallest absolute Gasteiger partial charge is 0.253 e. The highest BCUT2D eigenvalue weighted by Gasteiger charge is 2.07. The maximum Gasteiger partial charge on any atom is 0.253 e. The first-order chi connectivity index (χ1) is 8.70. The Morgan fingerprint density at radius 2 is 2.06 bits per heavy atom. The molecule has 18 heavy (non-hydrogen) atoms. The molecule has 1 atom stereocenters. The van der Waals surface area contributed by atoms with Crippen LogP contribution in [0, 0.1) is 0 Å². The molecule has 0 bridgehead atoms. The van der Waals surface area contributed by atoms with Crippen LogP contribution in [0.3, 0.4) is 0 Å². The second kappa shape index (κ2) is 5.46. The van der Waals surface area contributed by atoms with Gasteiger partial charge < -0.3 is 10.5 Å². The molecule has 1 aromatic carbocycles. The van der Waals surface area contributed by atoms with Gasteiger partial charge in [-0.1, -0.05) is 12.1 Å². The van der Waals surface area contributed by atoms with Gasteiger partial charge in [0.05, 0.1) is 13.4 Å². The summed E-state index contributed by atoms with van der Waals surface area (Å²) in [6, 6.07) is 8.65. The molecule has 0 radical (unpaired) electrons. The lowest BCUT2D eigenvalue weighted by atomic mass is 10.1. The minimum atomic E-state index is -0.252. The fourth-order valence-electron chi connectivity index (χ4n) is 1.68. The second-order valence-electron chi connectivity index (χ2n) is 3.95. The average Bonchev–Trinajstić information content (AvgIpc) is 2.41. The number of aromatic nitrogens is 2. The molecule has 1 unspecified atom stereocenters. The van der Waals surface area contributed by atoms with Crippen molar-refractivity contribution in [3.05, 3.63) is 58.8 Å². The predicted molar refractivity (Wildman–Crippen MR) is 68.4 cm³/mol. The van der Waals surface area contributed by atoms with Crippen LogP contribution in [0.15, 0.2) is 47.7 Å². The second-order valence-corrected chi connectivity index (χ2v) is 3.95. The maximum atomic E-state index is 11.5. The third-order valence-corrected chi connectivity index (χ3v) is 2.73. The molecule has 1 heterocycles. The van der Waals surface area contributed by atoms with Gasteiger partial charge in [0.2, 0.25) is 0 Å². The topological polar surface area (TPSA) is 70.1 Å². The molecule has 0 spiro atoms. The summed E-state index contributed by atoms with van der Waals surface area (Å²) in [6.07, 6.45) is 2.96. The summed E-state index contributed by atoms with van der Waals surface area (Å²) in [5.41, 5.74) is 6.91. The third kappa shape index (κ3) is 2.75. The highest BCUT2D eigenvalue weighted by Crippen LogP contribution is 2.16. The van der Waals surface area contributed by atoms with E-state index < -0.39 is 0 Å². The van der Waals surface area contributed by atoms with Crippen molar-refractivity contribution in [2.45, 2.75) is 12.6 Å². The molecular weight excluding hydrogens is 230 g/mol. The number of nitrogens with zero attached hydrogens (tertiary/aromatic N) is 2. The molecular formula is C13H15N3O2. The molecule has 0 aliphatic heterocycles. The Hall–Kier alpha value is -2.14. The van der Waals surface area contributed by atoms with E-state index in [0.717, 1.165) is 11.3 Å². The lowest BCUT2D eigenvalue weighted by Crippen LogP contribution is -2.26. The number of benzene rings is 1. The Morgan fingerprint density at radius 3 is 2.67 bits per heavy atom. The number of rotatable bonds is 4. The van der Waals surface area contributed by atoms with Gasteiger partial charge in [-0.25, -0.2) is 4.98 Å².